The monoisotopic (exact) mass is 72.1 g/mol. The van der Waals surface area contributed by atoms with Crippen molar-refractivity contribution in [2.24, 2.45) is 0 Å². The van der Waals surface area contributed by atoms with E-state index in [4.69, 9.17) is 1.41 Å². The zero-order chi connectivity index (χ0) is 4.41. The van der Waals surface area contributed by atoms with Crippen LogP contribution in [0.3, 0.4) is 0 Å². The van der Waals surface area contributed by atoms with E-state index in [-0.39, 0.29) is 0 Å². The molecule has 0 bridgehead atoms. The molecule has 0 spiro atoms. The van der Waals surface area contributed by atoms with E-state index in [1.807, 2.05) is 0 Å². The van der Waals surface area contributed by atoms with Gasteiger partial charge in [0.15, 0.2) is 0 Å². The summed E-state index contributed by atoms with van der Waals surface area (Å²) in [6, 6.07) is 0. The first kappa shape index (κ1) is 2.19. The predicted octanol–water partition coefficient (Wildman–Crippen LogP) is 0.370. The van der Waals surface area contributed by atoms with Gasteiger partial charge in [0.2, 0.25) is 0 Å². The minimum absolute atomic E-state index is 0.986. The Hall–Kier alpha value is -0.0400. The van der Waals surface area contributed by atoms with Crippen LogP contribution in [0.5, 0.6) is 0 Å². The summed E-state index contributed by atoms with van der Waals surface area (Å²) in [6.45, 7) is 1.97. The van der Waals surface area contributed by atoms with Crippen LogP contribution < -0.4 is 5.31 Å². The molecule has 1 N–H and O–H groups in total. The molecule has 1 nitrogen and oxygen atoms in total. The molecule has 0 aromatic carbocycles. The number of hydrogen-bond acceptors (Lipinski definition) is 1. The predicted molar refractivity (Wildman–Crippen MR) is 22.1 cm³/mol. The summed E-state index contributed by atoms with van der Waals surface area (Å²) in [5, 5.41) is 1.61. The van der Waals surface area contributed by atoms with Gasteiger partial charge in [-0.3, -0.25) is 0 Å². The fourth-order valence-electron chi connectivity index (χ4n) is 0.559. The summed E-state index contributed by atoms with van der Waals surface area (Å²) >= 11 is 0. The van der Waals surface area contributed by atoms with Gasteiger partial charge in [0.1, 0.15) is 1.41 Å². The highest BCUT2D eigenvalue weighted by Gasteiger charge is 1.93. The van der Waals surface area contributed by atoms with E-state index in [2.05, 4.69) is 0 Å². The minimum Gasteiger partial charge on any atom is -0.317 e. The van der Waals surface area contributed by atoms with Crippen LogP contribution in [0.4, 0.5) is 0 Å². The van der Waals surface area contributed by atoms with Gasteiger partial charge in [0.25, 0.3) is 0 Å². The quantitative estimate of drug-likeness (QED) is 0.436. The summed E-state index contributed by atoms with van der Waals surface area (Å²) in [7, 11) is 0. The van der Waals surface area contributed by atoms with Crippen LogP contribution in [0, 0.1) is 0 Å². The fourth-order valence-corrected chi connectivity index (χ4v) is 0.559. The van der Waals surface area contributed by atoms with Crippen molar-refractivity contribution in [2.75, 3.05) is 13.1 Å². The molecule has 1 heteroatoms. The van der Waals surface area contributed by atoms with E-state index < -0.39 is 0 Å². The highest BCUT2D eigenvalue weighted by atomic mass is 14.9. The molecule has 0 radical (unpaired) electrons. The lowest BCUT2D eigenvalue weighted by Gasteiger charge is -1.76. The molecule has 1 heterocycles. The second-order valence-electron chi connectivity index (χ2n) is 1.38. The number of nitrogens with one attached hydrogen (secondary N) is 1. The Balaban J connectivity index is 2.18. The molecular weight excluding hydrogens is 62.1 g/mol. The Morgan fingerprint density at radius 2 is 2.00 bits per heavy atom. The molecule has 5 heavy (non-hydrogen) atoms. The maximum absolute atomic E-state index is 6.97. The van der Waals surface area contributed by atoms with Crippen molar-refractivity contribution in [1.29, 1.82) is 0 Å². The zero-order valence-electron chi connectivity index (χ0n) is 4.28. The van der Waals surface area contributed by atoms with Crippen LogP contribution in [0.25, 0.3) is 0 Å². The standard InChI is InChI=1S/C4H9N/c1-2-4-5-3-1/h5H,1-4H2/i/hD. The molecule has 0 aliphatic carbocycles. The molecule has 0 atom stereocenters. The Morgan fingerprint density at radius 3 is 2.20 bits per heavy atom. The lowest BCUT2D eigenvalue weighted by molar-refractivity contribution is 0.857. The first-order valence-electron chi connectivity index (χ1n) is 2.58. The van der Waals surface area contributed by atoms with Crippen molar-refractivity contribution in [2.45, 2.75) is 12.8 Å². The van der Waals surface area contributed by atoms with Gasteiger partial charge in [-0.25, -0.2) is 0 Å². The van der Waals surface area contributed by atoms with Crippen LogP contribution >= 0.6 is 0 Å². The van der Waals surface area contributed by atoms with Crippen molar-refractivity contribution in [1.82, 2.24) is 5.31 Å². The molecule has 1 aliphatic heterocycles. The molecule has 0 saturated carbocycles. The summed E-state index contributed by atoms with van der Waals surface area (Å²) in [4.78, 5) is 0. The van der Waals surface area contributed by atoms with E-state index in [9.17, 15) is 0 Å². The summed E-state index contributed by atoms with van der Waals surface area (Å²) in [5.41, 5.74) is 0. The van der Waals surface area contributed by atoms with Gasteiger partial charge in [-0.05, 0) is 25.9 Å². The Bertz CT molecular complexity index is 40.8. The summed E-state index contributed by atoms with van der Waals surface area (Å²) < 4.78 is 6.97. The molecule has 30 valence electrons. The average Bonchev–Trinajstić information content (AvgIpc) is 1.86. The molecular formula is C4H9N. The first-order valence-corrected chi connectivity index (χ1v) is 2.13. The second kappa shape index (κ2) is 1.41. The van der Waals surface area contributed by atoms with Crippen molar-refractivity contribution >= 4 is 0 Å². The van der Waals surface area contributed by atoms with Crippen LogP contribution in [0.2, 0.25) is 1.41 Å². The Morgan fingerprint density at radius 1 is 1.40 bits per heavy atom. The topological polar surface area (TPSA) is 12.0 Å². The van der Waals surface area contributed by atoms with E-state index in [0.29, 0.717) is 0 Å². The summed E-state index contributed by atoms with van der Waals surface area (Å²) in [6.07, 6.45) is 2.45. The summed E-state index contributed by atoms with van der Waals surface area (Å²) in [5.74, 6) is 0. The zero-order valence-corrected chi connectivity index (χ0v) is 3.28. The van der Waals surface area contributed by atoms with E-state index in [1.165, 1.54) is 12.8 Å². The second-order valence-corrected chi connectivity index (χ2v) is 1.38. The normalized spacial score (nSPS) is 30.8. The van der Waals surface area contributed by atoms with Gasteiger partial charge in [-0.1, -0.05) is 0 Å². The van der Waals surface area contributed by atoms with Gasteiger partial charge in [-0.15, -0.1) is 0 Å². The third kappa shape index (κ3) is 0.618. The van der Waals surface area contributed by atoms with E-state index >= 15 is 0 Å². The first-order chi connectivity index (χ1) is 2.89. The Labute approximate surface area is 33.8 Å². The Kier molecular flexibility index (Phi) is 0.618. The molecule has 1 fully saturated rings. The molecule has 0 aromatic rings. The smallest absolute Gasteiger partial charge is 0.122 e. The van der Waals surface area contributed by atoms with Crippen LogP contribution in [0.1, 0.15) is 12.8 Å². The molecule has 1 rings (SSSR count). The van der Waals surface area contributed by atoms with Crippen LogP contribution in [-0.2, 0) is 0 Å². The van der Waals surface area contributed by atoms with Crippen molar-refractivity contribution in [3.8, 4) is 0 Å². The van der Waals surface area contributed by atoms with Gasteiger partial charge < -0.3 is 5.31 Å². The highest BCUT2D eigenvalue weighted by molar-refractivity contribution is 4.55. The molecule has 0 amide bonds. The van der Waals surface area contributed by atoms with Gasteiger partial charge in [0, 0.05) is 0 Å². The maximum atomic E-state index is 6.97. The van der Waals surface area contributed by atoms with Crippen molar-refractivity contribution < 1.29 is 1.41 Å². The lowest BCUT2D eigenvalue weighted by Crippen LogP contribution is -2.03. The third-order valence-electron chi connectivity index (χ3n) is 0.882. The van der Waals surface area contributed by atoms with Crippen LogP contribution in [-0.4, -0.2) is 13.1 Å². The van der Waals surface area contributed by atoms with Gasteiger partial charge >= 0.3 is 0 Å². The fraction of sp³-hybridized carbons (Fsp3) is 1.00. The van der Waals surface area contributed by atoms with Crippen molar-refractivity contribution in [3.63, 3.8) is 0 Å². The lowest BCUT2D eigenvalue weighted by atomic mass is 10.4. The third-order valence-corrected chi connectivity index (χ3v) is 0.882. The molecule has 1 saturated heterocycles. The van der Waals surface area contributed by atoms with Gasteiger partial charge in [-0.2, -0.15) is 0 Å². The average molecular weight is 72.1 g/mol. The van der Waals surface area contributed by atoms with Crippen LogP contribution in [0.15, 0.2) is 0 Å². The maximum Gasteiger partial charge on any atom is 0.122 e. The number of rotatable bonds is 0. The minimum atomic E-state index is 0.986. The highest BCUT2D eigenvalue weighted by Crippen LogP contribution is 1.90. The SMILES string of the molecule is [2H]N1CCCC1. The van der Waals surface area contributed by atoms with Gasteiger partial charge in [0.05, 0.1) is 0 Å². The molecule has 0 unspecified atom stereocenters. The van der Waals surface area contributed by atoms with Crippen molar-refractivity contribution in [3.05, 3.63) is 0 Å². The molecule has 1 aliphatic rings. The molecule has 0 aromatic heterocycles. The number of hydrogen-bond donors (Lipinski definition) is 1. The van der Waals surface area contributed by atoms with E-state index in [0.717, 1.165) is 13.1 Å². The largest absolute Gasteiger partial charge is 0.317 e. The van der Waals surface area contributed by atoms with E-state index in [1.54, 1.807) is 5.31 Å².